The largest absolute Gasteiger partial charge is 0.352 e. The van der Waals surface area contributed by atoms with E-state index >= 15 is 0 Å². The van der Waals surface area contributed by atoms with E-state index in [-0.39, 0.29) is 5.41 Å². The van der Waals surface area contributed by atoms with Crippen molar-refractivity contribution in [2.45, 2.75) is 20.8 Å². The van der Waals surface area contributed by atoms with Crippen LogP contribution in [0.15, 0.2) is 0 Å². The maximum atomic E-state index is 10.2. The molecule has 2 amide bonds. The van der Waals surface area contributed by atoms with Crippen molar-refractivity contribution in [3.8, 4) is 0 Å². The molecule has 0 heterocycles. The summed E-state index contributed by atoms with van der Waals surface area (Å²) in [7, 11) is 0. The zero-order valence-electron chi connectivity index (χ0n) is 6.19. The Labute approximate surface area is 55.6 Å². The molecule has 0 aliphatic carbocycles. The van der Waals surface area contributed by atoms with Crippen LogP contribution >= 0.6 is 0 Å². The third kappa shape index (κ3) is 7.27. The molecule has 0 saturated heterocycles. The van der Waals surface area contributed by atoms with Crippen molar-refractivity contribution < 1.29 is 4.79 Å². The molecule has 3 N–H and O–H groups in total. The van der Waals surface area contributed by atoms with Crippen molar-refractivity contribution >= 4 is 6.03 Å². The van der Waals surface area contributed by atoms with E-state index in [9.17, 15) is 4.79 Å². The van der Waals surface area contributed by atoms with Crippen LogP contribution in [0.2, 0.25) is 0 Å². The topological polar surface area (TPSA) is 55.1 Å². The molecule has 54 valence electrons. The summed E-state index contributed by atoms with van der Waals surface area (Å²) in [5, 5.41) is 2.52. The molecule has 3 heteroatoms. The van der Waals surface area contributed by atoms with Gasteiger partial charge in [0.25, 0.3) is 0 Å². The molecule has 0 aromatic rings. The lowest BCUT2D eigenvalue weighted by molar-refractivity contribution is 0.243. The molecular formula is C6H14N2O. The fourth-order valence-electron chi connectivity index (χ4n) is 0.352. The Morgan fingerprint density at radius 3 is 2.11 bits per heavy atom. The van der Waals surface area contributed by atoms with Crippen LogP contribution in [0.4, 0.5) is 4.79 Å². The molecule has 0 aromatic heterocycles. The van der Waals surface area contributed by atoms with E-state index in [0.717, 1.165) is 0 Å². The number of hydrogen-bond acceptors (Lipinski definition) is 1. The van der Waals surface area contributed by atoms with Crippen molar-refractivity contribution in [2.75, 3.05) is 6.54 Å². The normalized spacial score (nSPS) is 11.0. The second kappa shape index (κ2) is 2.71. The van der Waals surface area contributed by atoms with Crippen molar-refractivity contribution in [2.24, 2.45) is 11.1 Å². The van der Waals surface area contributed by atoms with Gasteiger partial charge in [-0.1, -0.05) is 20.8 Å². The SMILES string of the molecule is CC(C)(C)CNC(N)=O. The van der Waals surface area contributed by atoms with Crippen LogP contribution in [0.25, 0.3) is 0 Å². The van der Waals surface area contributed by atoms with E-state index in [2.05, 4.69) is 5.32 Å². The molecule has 0 spiro atoms. The van der Waals surface area contributed by atoms with Gasteiger partial charge in [0.15, 0.2) is 0 Å². The van der Waals surface area contributed by atoms with Crippen molar-refractivity contribution in [3.63, 3.8) is 0 Å². The second-order valence-electron chi connectivity index (χ2n) is 3.28. The van der Waals surface area contributed by atoms with Gasteiger partial charge >= 0.3 is 6.03 Å². The molecule has 0 aliphatic rings. The molecule has 0 aliphatic heterocycles. The predicted molar refractivity (Wildman–Crippen MR) is 37.0 cm³/mol. The first-order chi connectivity index (χ1) is 3.92. The zero-order valence-corrected chi connectivity index (χ0v) is 6.19. The third-order valence-corrected chi connectivity index (χ3v) is 0.793. The molecule has 0 aromatic carbocycles. The van der Waals surface area contributed by atoms with E-state index < -0.39 is 6.03 Å². The highest BCUT2D eigenvalue weighted by Crippen LogP contribution is 2.09. The number of hydrogen-bond donors (Lipinski definition) is 2. The number of carbonyl (C=O) groups excluding carboxylic acids is 1. The molecule has 0 saturated carbocycles. The average Bonchev–Trinajstić information content (AvgIpc) is 1.59. The van der Waals surface area contributed by atoms with Gasteiger partial charge in [0.05, 0.1) is 0 Å². The number of nitrogens with two attached hydrogens (primary N) is 1. The Morgan fingerprint density at radius 2 is 2.00 bits per heavy atom. The Morgan fingerprint density at radius 1 is 1.56 bits per heavy atom. The van der Waals surface area contributed by atoms with Gasteiger partial charge in [-0.25, -0.2) is 4.79 Å². The van der Waals surface area contributed by atoms with Gasteiger partial charge in [0.1, 0.15) is 0 Å². The number of urea groups is 1. The Kier molecular flexibility index (Phi) is 2.49. The standard InChI is InChI=1S/C6H14N2O/c1-6(2,3)4-8-5(7)9/h4H2,1-3H3,(H3,7,8,9). The van der Waals surface area contributed by atoms with Crippen LogP contribution in [0.5, 0.6) is 0 Å². The van der Waals surface area contributed by atoms with Crippen LogP contribution in [0.1, 0.15) is 20.8 Å². The summed E-state index contributed by atoms with van der Waals surface area (Å²) in [6.07, 6.45) is 0. The van der Waals surface area contributed by atoms with Gasteiger partial charge in [-0.2, -0.15) is 0 Å². The van der Waals surface area contributed by atoms with E-state index in [4.69, 9.17) is 5.73 Å². The Balaban J connectivity index is 3.39. The van der Waals surface area contributed by atoms with Crippen LogP contribution in [0.3, 0.4) is 0 Å². The van der Waals surface area contributed by atoms with Gasteiger partial charge in [0.2, 0.25) is 0 Å². The van der Waals surface area contributed by atoms with E-state index in [1.54, 1.807) is 0 Å². The first-order valence-corrected chi connectivity index (χ1v) is 2.95. The maximum Gasteiger partial charge on any atom is 0.312 e. The van der Waals surface area contributed by atoms with Gasteiger partial charge in [-0.05, 0) is 5.41 Å². The summed E-state index contributed by atoms with van der Waals surface area (Å²) >= 11 is 0. The smallest absolute Gasteiger partial charge is 0.312 e. The lowest BCUT2D eigenvalue weighted by Crippen LogP contribution is -2.35. The number of primary amides is 1. The predicted octanol–water partition coefficient (Wildman–Crippen LogP) is 0.701. The summed E-state index contributed by atoms with van der Waals surface area (Å²) in [5.74, 6) is 0. The lowest BCUT2D eigenvalue weighted by Gasteiger charge is -2.17. The van der Waals surface area contributed by atoms with Gasteiger partial charge in [0, 0.05) is 6.54 Å². The number of amides is 2. The highest BCUT2D eigenvalue weighted by molar-refractivity contribution is 5.71. The summed E-state index contributed by atoms with van der Waals surface area (Å²) in [5.41, 5.74) is 4.97. The Hall–Kier alpha value is -0.730. The summed E-state index contributed by atoms with van der Waals surface area (Å²) in [6, 6.07) is -0.454. The highest BCUT2D eigenvalue weighted by Gasteiger charge is 2.09. The van der Waals surface area contributed by atoms with Crippen LogP contribution in [0, 0.1) is 5.41 Å². The van der Waals surface area contributed by atoms with Crippen LogP contribution in [-0.2, 0) is 0 Å². The minimum atomic E-state index is -0.454. The van der Waals surface area contributed by atoms with Crippen molar-refractivity contribution in [1.82, 2.24) is 5.32 Å². The second-order valence-corrected chi connectivity index (χ2v) is 3.28. The van der Waals surface area contributed by atoms with E-state index in [1.165, 1.54) is 0 Å². The van der Waals surface area contributed by atoms with Gasteiger partial charge in [-0.3, -0.25) is 0 Å². The first kappa shape index (κ1) is 8.27. The monoisotopic (exact) mass is 130 g/mol. The van der Waals surface area contributed by atoms with Crippen molar-refractivity contribution in [1.29, 1.82) is 0 Å². The molecule has 0 rings (SSSR count). The quantitative estimate of drug-likeness (QED) is 0.539. The fourth-order valence-corrected chi connectivity index (χ4v) is 0.352. The third-order valence-electron chi connectivity index (χ3n) is 0.793. The number of nitrogens with one attached hydrogen (secondary N) is 1. The summed E-state index contributed by atoms with van der Waals surface area (Å²) in [4.78, 5) is 10.2. The fraction of sp³-hybridized carbons (Fsp3) is 0.833. The molecule has 0 unspecified atom stereocenters. The summed E-state index contributed by atoms with van der Waals surface area (Å²) < 4.78 is 0. The van der Waals surface area contributed by atoms with E-state index in [1.807, 2.05) is 20.8 Å². The average molecular weight is 130 g/mol. The van der Waals surface area contributed by atoms with Crippen LogP contribution in [-0.4, -0.2) is 12.6 Å². The molecular weight excluding hydrogens is 116 g/mol. The van der Waals surface area contributed by atoms with Crippen LogP contribution < -0.4 is 11.1 Å². The summed E-state index contributed by atoms with van der Waals surface area (Å²) in [6.45, 7) is 6.72. The highest BCUT2D eigenvalue weighted by atomic mass is 16.2. The maximum absolute atomic E-state index is 10.2. The zero-order chi connectivity index (χ0) is 7.49. The lowest BCUT2D eigenvalue weighted by atomic mass is 9.97. The molecule has 0 atom stereocenters. The minimum absolute atomic E-state index is 0.120. The van der Waals surface area contributed by atoms with Crippen molar-refractivity contribution in [3.05, 3.63) is 0 Å². The van der Waals surface area contributed by atoms with E-state index in [0.29, 0.717) is 6.54 Å². The molecule has 0 radical (unpaired) electrons. The minimum Gasteiger partial charge on any atom is -0.352 e. The van der Waals surface area contributed by atoms with Gasteiger partial charge < -0.3 is 11.1 Å². The molecule has 0 fully saturated rings. The number of rotatable bonds is 1. The molecule has 0 bridgehead atoms. The van der Waals surface area contributed by atoms with Gasteiger partial charge in [-0.15, -0.1) is 0 Å². The first-order valence-electron chi connectivity index (χ1n) is 2.95. The molecule has 3 nitrogen and oxygen atoms in total. The Bertz CT molecular complexity index is 104. The number of carbonyl (C=O) groups is 1. The molecule has 9 heavy (non-hydrogen) atoms.